The molecule has 1 atom stereocenters. The zero-order chi connectivity index (χ0) is 24.6. The molecule has 1 aliphatic rings. The first-order chi connectivity index (χ1) is 17.1. The fourth-order valence-corrected chi connectivity index (χ4v) is 5.01. The average Bonchev–Trinajstić information content (AvgIpc) is 2.88. The van der Waals surface area contributed by atoms with Gasteiger partial charge in [0.2, 0.25) is 5.91 Å². The molecule has 0 saturated heterocycles. The fourth-order valence-electron chi connectivity index (χ4n) is 4.82. The third-order valence-electron chi connectivity index (χ3n) is 6.74. The van der Waals surface area contributed by atoms with Gasteiger partial charge in [0.25, 0.3) is 5.91 Å². The number of amides is 2. The number of nitrogens with one attached hydrogen (secondary N) is 1. The Bertz CT molecular complexity index is 1150. The van der Waals surface area contributed by atoms with Gasteiger partial charge >= 0.3 is 0 Å². The van der Waals surface area contributed by atoms with E-state index in [1.54, 1.807) is 11.0 Å². The summed E-state index contributed by atoms with van der Waals surface area (Å²) in [7, 11) is 0. The second kappa shape index (κ2) is 12.1. The van der Waals surface area contributed by atoms with E-state index in [-0.39, 0.29) is 31.0 Å². The van der Waals surface area contributed by atoms with Crippen molar-refractivity contribution >= 4 is 34.2 Å². The van der Waals surface area contributed by atoms with Crippen LogP contribution in [0.2, 0.25) is 5.02 Å². The van der Waals surface area contributed by atoms with E-state index in [1.165, 1.54) is 6.42 Å². The molecule has 0 bridgehead atoms. The maximum Gasteiger partial charge on any atom is 0.261 e. The lowest BCUT2D eigenvalue weighted by Crippen LogP contribution is -2.52. The van der Waals surface area contributed by atoms with E-state index in [9.17, 15) is 9.59 Å². The highest BCUT2D eigenvalue weighted by molar-refractivity contribution is 6.31. The minimum absolute atomic E-state index is 0.107. The van der Waals surface area contributed by atoms with Gasteiger partial charge in [0.1, 0.15) is 11.8 Å². The maximum atomic E-state index is 13.5. The van der Waals surface area contributed by atoms with Gasteiger partial charge in [-0.25, -0.2) is 0 Å². The molecule has 0 radical (unpaired) electrons. The van der Waals surface area contributed by atoms with Gasteiger partial charge < -0.3 is 15.0 Å². The largest absolute Gasteiger partial charge is 0.483 e. The first-order valence-electron chi connectivity index (χ1n) is 12.5. The van der Waals surface area contributed by atoms with Crippen molar-refractivity contribution in [3.63, 3.8) is 0 Å². The lowest BCUT2D eigenvalue weighted by molar-refractivity contribution is -0.143. The maximum absolute atomic E-state index is 13.5. The zero-order valence-electron chi connectivity index (χ0n) is 20.2. The van der Waals surface area contributed by atoms with Gasteiger partial charge in [0.15, 0.2) is 6.61 Å². The van der Waals surface area contributed by atoms with Crippen LogP contribution in [0.15, 0.2) is 66.7 Å². The minimum Gasteiger partial charge on any atom is -0.483 e. The van der Waals surface area contributed by atoms with Crippen molar-refractivity contribution < 1.29 is 14.3 Å². The van der Waals surface area contributed by atoms with Crippen molar-refractivity contribution in [3.8, 4) is 5.75 Å². The first-order valence-corrected chi connectivity index (χ1v) is 12.9. The molecule has 3 aromatic rings. The van der Waals surface area contributed by atoms with Gasteiger partial charge in [-0.2, -0.15) is 0 Å². The van der Waals surface area contributed by atoms with Crippen molar-refractivity contribution in [3.05, 3.63) is 77.3 Å². The number of halogens is 1. The van der Waals surface area contributed by atoms with Gasteiger partial charge in [-0.05, 0) is 42.3 Å². The number of benzene rings is 3. The number of hydrogen-bond donors (Lipinski definition) is 1. The predicted octanol–water partition coefficient (Wildman–Crippen LogP) is 6.13. The molecule has 3 aromatic carbocycles. The highest BCUT2D eigenvalue weighted by Crippen LogP contribution is 2.26. The van der Waals surface area contributed by atoms with Gasteiger partial charge in [-0.1, -0.05) is 92.4 Å². The highest BCUT2D eigenvalue weighted by Gasteiger charge is 2.31. The van der Waals surface area contributed by atoms with Crippen LogP contribution >= 0.6 is 11.6 Å². The summed E-state index contributed by atoms with van der Waals surface area (Å²) in [6, 6.07) is 20.7. The second-order valence-electron chi connectivity index (χ2n) is 9.15. The van der Waals surface area contributed by atoms with Crippen LogP contribution in [0.4, 0.5) is 0 Å². The van der Waals surface area contributed by atoms with Crippen molar-refractivity contribution in [2.45, 2.75) is 64.1 Å². The van der Waals surface area contributed by atoms with Crippen molar-refractivity contribution in [2.24, 2.45) is 0 Å². The van der Waals surface area contributed by atoms with Crippen LogP contribution in [0.1, 0.15) is 51.0 Å². The Morgan fingerprint density at radius 1 is 1.00 bits per heavy atom. The summed E-state index contributed by atoms with van der Waals surface area (Å²) in [5.41, 5.74) is 0.802. The third kappa shape index (κ3) is 6.34. The number of carbonyl (C=O) groups excluding carboxylic acids is 2. The Kier molecular flexibility index (Phi) is 8.64. The van der Waals surface area contributed by atoms with E-state index in [1.807, 2.05) is 67.6 Å². The van der Waals surface area contributed by atoms with Crippen LogP contribution in [0.5, 0.6) is 5.75 Å². The molecule has 0 heterocycles. The van der Waals surface area contributed by atoms with E-state index in [4.69, 9.17) is 16.3 Å². The molecule has 0 aliphatic heterocycles. The number of nitrogens with zero attached hydrogens (tertiary/aromatic N) is 1. The number of ether oxygens (including phenoxy) is 1. The van der Waals surface area contributed by atoms with Gasteiger partial charge in [-0.3, -0.25) is 9.59 Å². The summed E-state index contributed by atoms with van der Waals surface area (Å²) in [5.74, 6) is 0.294. The number of carbonyl (C=O) groups is 2. The molecule has 184 valence electrons. The third-order valence-corrected chi connectivity index (χ3v) is 7.11. The Morgan fingerprint density at radius 2 is 1.71 bits per heavy atom. The van der Waals surface area contributed by atoms with Gasteiger partial charge in [-0.15, -0.1) is 0 Å². The lowest BCUT2D eigenvalue weighted by atomic mass is 9.95. The van der Waals surface area contributed by atoms with E-state index in [0.29, 0.717) is 17.2 Å². The normalized spacial score (nSPS) is 14.9. The molecule has 4 rings (SSSR count). The van der Waals surface area contributed by atoms with Crippen LogP contribution < -0.4 is 10.1 Å². The molecule has 1 unspecified atom stereocenters. The fraction of sp³-hybridized carbons (Fsp3) is 0.379. The summed E-state index contributed by atoms with van der Waals surface area (Å²) in [6.45, 7) is 2.02. The first kappa shape index (κ1) is 25.1. The van der Waals surface area contributed by atoms with Crippen molar-refractivity contribution in [1.82, 2.24) is 10.2 Å². The molecule has 0 aromatic heterocycles. The number of fused-ring (bicyclic) bond motifs is 1. The zero-order valence-corrected chi connectivity index (χ0v) is 21.0. The standard InChI is InChI=1S/C29H33ClN2O3/c1-2-26(29(34)31-23-14-4-3-5-15-23)32(19-22-12-7-9-17-25(22)30)28(33)20-35-27-18-10-13-21-11-6-8-16-24(21)27/h6-13,16-18,23,26H,2-5,14-15,19-20H2,1H3,(H,31,34). The van der Waals surface area contributed by atoms with Crippen molar-refractivity contribution in [1.29, 1.82) is 0 Å². The highest BCUT2D eigenvalue weighted by atomic mass is 35.5. The topological polar surface area (TPSA) is 58.6 Å². The molecule has 6 heteroatoms. The molecule has 1 aliphatic carbocycles. The molecular formula is C29H33ClN2O3. The van der Waals surface area contributed by atoms with E-state index in [0.717, 1.165) is 42.0 Å². The smallest absolute Gasteiger partial charge is 0.261 e. The van der Waals surface area contributed by atoms with Gasteiger partial charge in [0.05, 0.1) is 0 Å². The molecular weight excluding hydrogens is 460 g/mol. The molecule has 5 nitrogen and oxygen atoms in total. The summed E-state index contributed by atoms with van der Waals surface area (Å²) in [6.07, 6.45) is 5.95. The quantitative estimate of drug-likeness (QED) is 0.391. The van der Waals surface area contributed by atoms with Gasteiger partial charge in [0, 0.05) is 23.0 Å². The summed E-state index contributed by atoms with van der Waals surface area (Å²) in [4.78, 5) is 28.5. The monoisotopic (exact) mass is 492 g/mol. The van der Waals surface area contributed by atoms with Crippen LogP contribution in [-0.4, -0.2) is 35.4 Å². The molecule has 2 amide bonds. The summed E-state index contributed by atoms with van der Waals surface area (Å²) >= 11 is 6.42. The average molecular weight is 493 g/mol. The Morgan fingerprint density at radius 3 is 2.49 bits per heavy atom. The molecule has 35 heavy (non-hydrogen) atoms. The van der Waals surface area contributed by atoms with Crippen LogP contribution in [0.25, 0.3) is 10.8 Å². The van der Waals surface area contributed by atoms with Crippen LogP contribution in [-0.2, 0) is 16.1 Å². The van der Waals surface area contributed by atoms with E-state index in [2.05, 4.69) is 5.32 Å². The Labute approximate surface area is 212 Å². The van der Waals surface area contributed by atoms with E-state index >= 15 is 0 Å². The Hall–Kier alpha value is -3.05. The molecule has 0 spiro atoms. The number of rotatable bonds is 9. The van der Waals surface area contributed by atoms with Crippen LogP contribution in [0.3, 0.4) is 0 Å². The molecule has 1 fully saturated rings. The SMILES string of the molecule is CCC(C(=O)NC1CCCCC1)N(Cc1ccccc1Cl)C(=O)COc1cccc2ccccc12. The van der Waals surface area contributed by atoms with Crippen LogP contribution in [0, 0.1) is 0 Å². The summed E-state index contributed by atoms with van der Waals surface area (Å²) < 4.78 is 6.00. The number of hydrogen-bond acceptors (Lipinski definition) is 3. The van der Waals surface area contributed by atoms with Crippen molar-refractivity contribution in [2.75, 3.05) is 6.61 Å². The lowest BCUT2D eigenvalue weighted by Gasteiger charge is -2.33. The summed E-state index contributed by atoms with van der Waals surface area (Å²) in [5, 5.41) is 5.76. The van der Waals surface area contributed by atoms with E-state index < -0.39 is 6.04 Å². The minimum atomic E-state index is -0.600. The second-order valence-corrected chi connectivity index (χ2v) is 9.55. The molecule has 1 N–H and O–H groups in total. The molecule has 1 saturated carbocycles. The predicted molar refractivity (Wildman–Crippen MR) is 141 cm³/mol. The Balaban J connectivity index is 1.54.